The van der Waals surface area contributed by atoms with Gasteiger partial charge in [0.15, 0.2) is 11.5 Å². The molecule has 0 unspecified atom stereocenters. The molecule has 2 aliphatic rings. The van der Waals surface area contributed by atoms with Crippen molar-refractivity contribution in [3.05, 3.63) is 193 Å². The minimum atomic E-state index is -0.336. The molecule has 3 heteroatoms. The SMILES string of the molecule is CC1(C)c2ccc(N(c3ccccc3)c3cccc(-c4ccccc4)c3)cc2N2c3c(ccc(-c4ccccc4)c31)Oc1ccc3ccccc3c12. The van der Waals surface area contributed by atoms with Gasteiger partial charge in [0.1, 0.15) is 0 Å². The van der Waals surface area contributed by atoms with Gasteiger partial charge in [-0.15, -0.1) is 0 Å². The Balaban J connectivity index is 1.25. The lowest BCUT2D eigenvalue weighted by Gasteiger charge is -2.46. The first-order chi connectivity index (χ1) is 25.6. The number of nitrogens with zero attached hydrogens (tertiary/aromatic N) is 2. The Kier molecular flexibility index (Phi) is 6.84. The molecule has 2 heterocycles. The molecule has 52 heavy (non-hydrogen) atoms. The summed E-state index contributed by atoms with van der Waals surface area (Å²) in [6, 6.07) is 65.3. The van der Waals surface area contributed by atoms with Crippen LogP contribution in [0.4, 0.5) is 34.1 Å². The molecule has 0 aliphatic carbocycles. The van der Waals surface area contributed by atoms with E-state index in [9.17, 15) is 0 Å². The standard InChI is InChI=1S/C49H36N2O/c1-49(2)42-28-26-39(50(37-21-10-5-11-22-37)38-23-14-20-36(31-38)33-15-6-3-7-16-33)32-43(42)51-47-41-24-13-12-19-35(41)25-29-44(47)52-45-30-27-40(46(49)48(45)51)34-17-8-4-9-18-34/h3-32H,1-2H3. The van der Waals surface area contributed by atoms with Crippen LogP contribution in [0.3, 0.4) is 0 Å². The van der Waals surface area contributed by atoms with E-state index in [0.29, 0.717) is 0 Å². The van der Waals surface area contributed by atoms with Crippen molar-refractivity contribution in [1.82, 2.24) is 0 Å². The second-order valence-corrected chi connectivity index (χ2v) is 14.2. The van der Waals surface area contributed by atoms with Gasteiger partial charge in [-0.05, 0) is 87.3 Å². The summed E-state index contributed by atoms with van der Waals surface area (Å²) in [7, 11) is 0. The average Bonchev–Trinajstić information content (AvgIpc) is 3.20. The quantitative estimate of drug-likeness (QED) is 0.182. The van der Waals surface area contributed by atoms with Crippen LogP contribution in [-0.2, 0) is 5.41 Å². The third-order valence-corrected chi connectivity index (χ3v) is 10.8. The monoisotopic (exact) mass is 668 g/mol. The number of ether oxygens (including phenoxy) is 1. The van der Waals surface area contributed by atoms with Gasteiger partial charge >= 0.3 is 0 Å². The molecule has 248 valence electrons. The summed E-state index contributed by atoms with van der Waals surface area (Å²) in [5, 5.41) is 2.34. The maximum Gasteiger partial charge on any atom is 0.152 e. The van der Waals surface area contributed by atoms with E-state index in [0.717, 1.165) is 51.0 Å². The summed E-state index contributed by atoms with van der Waals surface area (Å²) in [5.74, 6) is 1.73. The summed E-state index contributed by atoms with van der Waals surface area (Å²) in [4.78, 5) is 4.87. The Morgan fingerprint density at radius 1 is 0.481 bits per heavy atom. The van der Waals surface area contributed by atoms with E-state index >= 15 is 0 Å². The minimum Gasteiger partial charge on any atom is -0.453 e. The van der Waals surface area contributed by atoms with Crippen LogP contribution >= 0.6 is 0 Å². The molecule has 0 spiro atoms. The molecule has 0 amide bonds. The highest BCUT2D eigenvalue weighted by atomic mass is 16.5. The zero-order chi connectivity index (χ0) is 34.8. The number of hydrogen-bond acceptors (Lipinski definition) is 3. The highest BCUT2D eigenvalue weighted by molar-refractivity contribution is 6.07. The number of anilines is 6. The van der Waals surface area contributed by atoms with Crippen molar-refractivity contribution >= 4 is 44.9 Å². The highest BCUT2D eigenvalue weighted by Crippen LogP contribution is 2.63. The Morgan fingerprint density at radius 3 is 1.88 bits per heavy atom. The molecule has 10 rings (SSSR count). The normalized spacial score (nSPS) is 13.5. The second kappa shape index (κ2) is 11.8. The number of hydrogen-bond donors (Lipinski definition) is 0. The Labute approximate surface area is 304 Å². The summed E-state index contributed by atoms with van der Waals surface area (Å²) in [6.45, 7) is 4.73. The predicted molar refractivity (Wildman–Crippen MR) is 216 cm³/mol. The third kappa shape index (κ3) is 4.66. The first-order valence-electron chi connectivity index (χ1n) is 17.9. The van der Waals surface area contributed by atoms with Crippen LogP contribution in [-0.4, -0.2) is 0 Å². The molecular formula is C49H36N2O. The van der Waals surface area contributed by atoms with Gasteiger partial charge in [0, 0.05) is 27.9 Å². The van der Waals surface area contributed by atoms with Crippen molar-refractivity contribution in [3.63, 3.8) is 0 Å². The fraction of sp³-hybridized carbons (Fsp3) is 0.0612. The van der Waals surface area contributed by atoms with Gasteiger partial charge in [0.25, 0.3) is 0 Å². The van der Waals surface area contributed by atoms with Crippen LogP contribution in [0.2, 0.25) is 0 Å². The summed E-state index contributed by atoms with van der Waals surface area (Å²) in [6.07, 6.45) is 0. The maximum atomic E-state index is 6.85. The molecule has 0 radical (unpaired) electrons. The summed E-state index contributed by atoms with van der Waals surface area (Å²) < 4.78 is 6.85. The van der Waals surface area contributed by atoms with E-state index in [1.807, 2.05) is 0 Å². The van der Waals surface area contributed by atoms with Gasteiger partial charge in [-0.25, -0.2) is 0 Å². The molecule has 0 fully saturated rings. The second-order valence-electron chi connectivity index (χ2n) is 14.2. The van der Waals surface area contributed by atoms with Crippen LogP contribution in [0, 0.1) is 0 Å². The molecule has 0 bridgehead atoms. The minimum absolute atomic E-state index is 0.336. The van der Waals surface area contributed by atoms with E-state index in [-0.39, 0.29) is 5.41 Å². The molecule has 2 aliphatic heterocycles. The largest absolute Gasteiger partial charge is 0.453 e. The van der Waals surface area contributed by atoms with Crippen LogP contribution in [0.5, 0.6) is 11.5 Å². The fourth-order valence-electron chi connectivity index (χ4n) is 8.37. The predicted octanol–water partition coefficient (Wildman–Crippen LogP) is 13.9. The van der Waals surface area contributed by atoms with Gasteiger partial charge in [-0.1, -0.05) is 147 Å². The van der Waals surface area contributed by atoms with Gasteiger partial charge in [-0.2, -0.15) is 0 Å². The lowest BCUT2D eigenvalue weighted by atomic mass is 9.70. The lowest BCUT2D eigenvalue weighted by Crippen LogP contribution is -2.33. The van der Waals surface area contributed by atoms with E-state index in [4.69, 9.17) is 4.74 Å². The fourth-order valence-corrected chi connectivity index (χ4v) is 8.37. The van der Waals surface area contributed by atoms with E-state index in [1.54, 1.807) is 0 Å². The van der Waals surface area contributed by atoms with Crippen LogP contribution in [0.15, 0.2) is 182 Å². The Bertz CT molecular complexity index is 2630. The van der Waals surface area contributed by atoms with Crippen LogP contribution < -0.4 is 14.5 Å². The number of fused-ring (bicyclic) bond motifs is 6. The molecule has 3 nitrogen and oxygen atoms in total. The molecule has 0 N–H and O–H groups in total. The van der Waals surface area contributed by atoms with Crippen LogP contribution in [0.1, 0.15) is 25.0 Å². The zero-order valence-corrected chi connectivity index (χ0v) is 29.1. The van der Waals surface area contributed by atoms with Crippen molar-refractivity contribution in [2.45, 2.75) is 19.3 Å². The van der Waals surface area contributed by atoms with Crippen molar-refractivity contribution in [2.24, 2.45) is 0 Å². The molecule has 8 aromatic carbocycles. The smallest absolute Gasteiger partial charge is 0.152 e. The van der Waals surface area contributed by atoms with Gasteiger partial charge < -0.3 is 14.5 Å². The third-order valence-electron chi connectivity index (χ3n) is 10.8. The number of rotatable bonds is 5. The number of para-hydroxylation sites is 1. The van der Waals surface area contributed by atoms with Crippen molar-refractivity contribution in [1.29, 1.82) is 0 Å². The van der Waals surface area contributed by atoms with E-state index < -0.39 is 0 Å². The molecule has 0 aromatic heterocycles. The molecule has 8 aromatic rings. The van der Waals surface area contributed by atoms with Crippen LogP contribution in [0.25, 0.3) is 33.0 Å². The zero-order valence-electron chi connectivity index (χ0n) is 29.1. The van der Waals surface area contributed by atoms with Crippen molar-refractivity contribution < 1.29 is 4.74 Å². The van der Waals surface area contributed by atoms with Gasteiger partial charge in [0.05, 0.1) is 17.1 Å². The summed E-state index contributed by atoms with van der Waals surface area (Å²) in [5.41, 5.74) is 13.6. The van der Waals surface area contributed by atoms with E-state index in [1.165, 1.54) is 38.8 Å². The van der Waals surface area contributed by atoms with E-state index in [2.05, 4.69) is 206 Å². The van der Waals surface area contributed by atoms with Gasteiger partial charge in [-0.3, -0.25) is 0 Å². The maximum absolute atomic E-state index is 6.85. The first-order valence-corrected chi connectivity index (χ1v) is 17.9. The van der Waals surface area contributed by atoms with Crippen molar-refractivity contribution in [2.75, 3.05) is 9.80 Å². The molecular weight excluding hydrogens is 633 g/mol. The number of benzene rings is 8. The Hall–Kier alpha value is -6.58. The molecule has 0 saturated carbocycles. The summed E-state index contributed by atoms with van der Waals surface area (Å²) >= 11 is 0. The lowest BCUT2D eigenvalue weighted by molar-refractivity contribution is 0.472. The van der Waals surface area contributed by atoms with Gasteiger partial charge in [0.2, 0.25) is 0 Å². The molecule has 0 atom stereocenters. The molecule has 0 saturated heterocycles. The Morgan fingerprint density at radius 2 is 1.10 bits per heavy atom. The topological polar surface area (TPSA) is 15.7 Å². The highest BCUT2D eigenvalue weighted by Gasteiger charge is 2.44. The van der Waals surface area contributed by atoms with Crippen molar-refractivity contribution in [3.8, 4) is 33.8 Å². The first kappa shape index (κ1) is 30.3. The average molecular weight is 669 g/mol.